The molecule has 0 unspecified atom stereocenters. The minimum Gasteiger partial charge on any atom is -0.494 e. The van der Waals surface area contributed by atoms with Crippen molar-refractivity contribution in [3.63, 3.8) is 0 Å². The van der Waals surface area contributed by atoms with Gasteiger partial charge in [0.05, 0.1) is 11.5 Å². The van der Waals surface area contributed by atoms with Gasteiger partial charge in [-0.3, -0.25) is 14.9 Å². The highest BCUT2D eigenvalue weighted by molar-refractivity contribution is 6.11. The number of unbranched alkanes of at least 4 members (excludes halogenated alkanes) is 1. The molecule has 8 nitrogen and oxygen atoms in total. The molecule has 0 aliphatic heterocycles. The third kappa shape index (κ3) is 5.05. The standard InChI is InChI=1S/C17H16N4O4/c18-20-19-10-4-5-11-25-14-8-9-16(21(23)24)15(12-14)17(22)13-6-2-1-3-7-13/h1-3,6-9,12H,4-5,10-11H2. The Kier molecular flexibility index (Phi) is 6.50. The lowest BCUT2D eigenvalue weighted by molar-refractivity contribution is -0.385. The lowest BCUT2D eigenvalue weighted by atomic mass is 10.0. The van der Waals surface area contributed by atoms with Gasteiger partial charge >= 0.3 is 0 Å². The molecule has 128 valence electrons. The molecule has 0 aliphatic carbocycles. The van der Waals surface area contributed by atoms with E-state index in [1.807, 2.05) is 0 Å². The van der Waals surface area contributed by atoms with Crippen LogP contribution in [-0.2, 0) is 0 Å². The zero-order valence-electron chi connectivity index (χ0n) is 13.4. The molecule has 0 atom stereocenters. The highest BCUT2D eigenvalue weighted by Gasteiger charge is 2.22. The van der Waals surface area contributed by atoms with E-state index in [2.05, 4.69) is 10.0 Å². The lowest BCUT2D eigenvalue weighted by Crippen LogP contribution is -2.06. The quantitative estimate of drug-likeness (QED) is 0.129. The van der Waals surface area contributed by atoms with Crippen molar-refractivity contribution in [2.45, 2.75) is 12.8 Å². The van der Waals surface area contributed by atoms with Gasteiger partial charge in [0, 0.05) is 23.1 Å². The second-order valence-corrected chi connectivity index (χ2v) is 5.14. The Hall–Kier alpha value is -3.38. The van der Waals surface area contributed by atoms with Gasteiger partial charge in [0.2, 0.25) is 0 Å². The van der Waals surface area contributed by atoms with E-state index in [9.17, 15) is 14.9 Å². The van der Waals surface area contributed by atoms with Crippen LogP contribution in [-0.4, -0.2) is 23.9 Å². The van der Waals surface area contributed by atoms with Gasteiger partial charge in [-0.2, -0.15) is 0 Å². The van der Waals surface area contributed by atoms with Crippen molar-refractivity contribution in [3.05, 3.63) is 80.2 Å². The fourth-order valence-corrected chi connectivity index (χ4v) is 2.21. The fourth-order valence-electron chi connectivity index (χ4n) is 2.21. The Bertz CT molecular complexity index is 802. The Labute approximate surface area is 143 Å². The number of hydrogen-bond acceptors (Lipinski definition) is 5. The summed E-state index contributed by atoms with van der Waals surface area (Å²) in [7, 11) is 0. The maximum Gasteiger partial charge on any atom is 0.280 e. The first-order chi connectivity index (χ1) is 12.1. The summed E-state index contributed by atoms with van der Waals surface area (Å²) in [4.78, 5) is 25.8. The van der Waals surface area contributed by atoms with E-state index in [4.69, 9.17) is 10.3 Å². The first kappa shape index (κ1) is 18.0. The van der Waals surface area contributed by atoms with Crippen LogP contribution in [0.25, 0.3) is 10.4 Å². The number of carbonyl (C=O) groups is 1. The van der Waals surface area contributed by atoms with Gasteiger partial charge in [-0.05, 0) is 30.5 Å². The monoisotopic (exact) mass is 340 g/mol. The zero-order valence-corrected chi connectivity index (χ0v) is 13.4. The van der Waals surface area contributed by atoms with E-state index in [1.54, 1.807) is 30.3 Å². The van der Waals surface area contributed by atoms with Crippen molar-refractivity contribution in [3.8, 4) is 5.75 Å². The van der Waals surface area contributed by atoms with Crippen molar-refractivity contribution in [1.82, 2.24) is 0 Å². The van der Waals surface area contributed by atoms with Gasteiger partial charge < -0.3 is 4.74 Å². The van der Waals surface area contributed by atoms with Crippen molar-refractivity contribution < 1.29 is 14.5 Å². The largest absolute Gasteiger partial charge is 0.494 e. The molecule has 0 bridgehead atoms. The molecule has 0 saturated carbocycles. The van der Waals surface area contributed by atoms with Crippen LogP contribution < -0.4 is 4.74 Å². The van der Waals surface area contributed by atoms with Gasteiger partial charge in [0.1, 0.15) is 11.3 Å². The van der Waals surface area contributed by atoms with Crippen molar-refractivity contribution in [1.29, 1.82) is 0 Å². The first-order valence-electron chi connectivity index (χ1n) is 7.65. The molecule has 0 aromatic heterocycles. The van der Waals surface area contributed by atoms with Gasteiger partial charge in [-0.1, -0.05) is 35.4 Å². The van der Waals surface area contributed by atoms with Crippen molar-refractivity contribution >= 4 is 11.5 Å². The van der Waals surface area contributed by atoms with Gasteiger partial charge in [-0.25, -0.2) is 0 Å². The van der Waals surface area contributed by atoms with Crippen LogP contribution >= 0.6 is 0 Å². The molecule has 0 heterocycles. The van der Waals surface area contributed by atoms with Crippen LogP contribution in [0.2, 0.25) is 0 Å². The van der Waals surface area contributed by atoms with Gasteiger partial charge in [-0.15, -0.1) is 0 Å². The summed E-state index contributed by atoms with van der Waals surface area (Å²) >= 11 is 0. The van der Waals surface area contributed by atoms with E-state index < -0.39 is 10.7 Å². The van der Waals surface area contributed by atoms with Crippen molar-refractivity contribution in [2.24, 2.45) is 5.11 Å². The first-order valence-corrected chi connectivity index (χ1v) is 7.65. The number of nitro benzene ring substituents is 1. The molecule has 2 aromatic carbocycles. The van der Waals surface area contributed by atoms with Crippen LogP contribution in [0.5, 0.6) is 5.75 Å². The lowest BCUT2D eigenvalue weighted by Gasteiger charge is -2.08. The van der Waals surface area contributed by atoms with E-state index in [1.165, 1.54) is 18.2 Å². The van der Waals surface area contributed by atoms with E-state index >= 15 is 0 Å². The minimum absolute atomic E-state index is 0.0113. The summed E-state index contributed by atoms with van der Waals surface area (Å²) in [5, 5.41) is 14.6. The Morgan fingerprint density at radius 3 is 2.64 bits per heavy atom. The maximum absolute atomic E-state index is 12.6. The second-order valence-electron chi connectivity index (χ2n) is 5.14. The molecule has 0 spiro atoms. The number of azide groups is 1. The molecule has 25 heavy (non-hydrogen) atoms. The highest BCUT2D eigenvalue weighted by atomic mass is 16.6. The molecule has 0 aliphatic rings. The van der Waals surface area contributed by atoms with Gasteiger partial charge in [0.25, 0.3) is 5.69 Å². The molecule has 0 saturated heterocycles. The normalized spacial score (nSPS) is 9.92. The third-order valence-electron chi connectivity index (χ3n) is 3.43. The Morgan fingerprint density at radius 1 is 1.20 bits per heavy atom. The van der Waals surface area contributed by atoms with E-state index in [-0.39, 0.29) is 11.3 Å². The summed E-state index contributed by atoms with van der Waals surface area (Å²) < 4.78 is 5.54. The third-order valence-corrected chi connectivity index (χ3v) is 3.43. The second kappa shape index (κ2) is 9.05. The summed E-state index contributed by atoms with van der Waals surface area (Å²) in [6.07, 6.45) is 1.34. The predicted octanol–water partition coefficient (Wildman–Crippen LogP) is 4.30. The maximum atomic E-state index is 12.6. The topological polar surface area (TPSA) is 118 Å². The van der Waals surface area contributed by atoms with Crippen molar-refractivity contribution in [2.75, 3.05) is 13.2 Å². The number of nitrogens with zero attached hydrogens (tertiary/aromatic N) is 4. The number of ketones is 1. The molecule has 8 heteroatoms. The fraction of sp³-hybridized carbons (Fsp3) is 0.235. The number of rotatable bonds is 9. The van der Waals surface area contributed by atoms with Crippen LogP contribution in [0.4, 0.5) is 5.69 Å². The molecule has 0 amide bonds. The van der Waals surface area contributed by atoms with Crippen LogP contribution in [0.15, 0.2) is 53.6 Å². The van der Waals surface area contributed by atoms with Crippen LogP contribution in [0, 0.1) is 10.1 Å². The smallest absolute Gasteiger partial charge is 0.280 e. The number of carbonyl (C=O) groups excluding carboxylic acids is 1. The highest BCUT2D eigenvalue weighted by Crippen LogP contribution is 2.26. The average Bonchev–Trinajstić information content (AvgIpc) is 2.64. The average molecular weight is 340 g/mol. The molecule has 2 rings (SSSR count). The number of nitro groups is 1. The van der Waals surface area contributed by atoms with Gasteiger partial charge in [0.15, 0.2) is 5.78 Å². The molecular formula is C17H16N4O4. The number of ether oxygens (including phenoxy) is 1. The summed E-state index contributed by atoms with van der Waals surface area (Å²) in [5.41, 5.74) is 8.29. The summed E-state index contributed by atoms with van der Waals surface area (Å²) in [6.45, 7) is 0.746. The number of hydrogen-bond donors (Lipinski definition) is 0. The Balaban J connectivity index is 2.15. The molecule has 0 radical (unpaired) electrons. The SMILES string of the molecule is [N-]=[N+]=NCCCCOc1ccc([N+](=O)[O-])c(C(=O)c2ccccc2)c1. The van der Waals surface area contributed by atoms with E-state index in [0.717, 1.165) is 0 Å². The molecule has 0 N–H and O–H groups in total. The number of benzene rings is 2. The summed E-state index contributed by atoms with van der Waals surface area (Å²) in [6, 6.07) is 12.5. The predicted molar refractivity (Wildman–Crippen MR) is 91.7 cm³/mol. The Morgan fingerprint density at radius 2 is 1.96 bits per heavy atom. The molecule has 2 aromatic rings. The zero-order chi connectivity index (χ0) is 18.1. The van der Waals surface area contributed by atoms with E-state index in [0.29, 0.717) is 37.3 Å². The summed E-state index contributed by atoms with van der Waals surface area (Å²) in [5.74, 6) is -0.0465. The van der Waals surface area contributed by atoms with Crippen LogP contribution in [0.3, 0.4) is 0 Å². The molecule has 0 fully saturated rings. The molecular weight excluding hydrogens is 324 g/mol. The van der Waals surface area contributed by atoms with Crippen LogP contribution in [0.1, 0.15) is 28.8 Å². The minimum atomic E-state index is -0.583.